The number of hydrogen-bond donors (Lipinski definition) is 2. The van der Waals surface area contributed by atoms with Gasteiger partial charge in [0.1, 0.15) is 0 Å². The SMILES string of the molecule is Cl.Cl.Clc1ccc2c(NC3CCN(Cc4ccccc4)CC3)cc(-c3ccccc3)nc2c1.Clc1ccc2c(NC3CCN(Cc4ccccc4)CC3)cc(-c3ccccc3)nc2c1. The van der Waals surface area contributed by atoms with E-state index in [2.05, 4.69) is 154 Å². The third-order valence-corrected chi connectivity index (χ3v) is 12.5. The van der Waals surface area contributed by atoms with Gasteiger partial charge in [0.05, 0.1) is 22.4 Å². The van der Waals surface area contributed by atoms with Gasteiger partial charge in [0.25, 0.3) is 0 Å². The number of fused-ring (bicyclic) bond motifs is 2. The Labute approximate surface area is 399 Å². The number of nitrogens with zero attached hydrogens (tertiary/aromatic N) is 4. The van der Waals surface area contributed by atoms with Crippen molar-refractivity contribution in [1.82, 2.24) is 19.8 Å². The summed E-state index contributed by atoms with van der Waals surface area (Å²) in [6.45, 7) is 6.48. The number of benzene rings is 6. The smallest absolute Gasteiger partial charge is 0.0745 e. The molecular formula is C54H54Cl4N6. The topological polar surface area (TPSA) is 56.3 Å². The summed E-state index contributed by atoms with van der Waals surface area (Å²) in [6, 6.07) is 59.4. The van der Waals surface area contributed by atoms with Gasteiger partial charge >= 0.3 is 0 Å². The molecule has 2 aliphatic rings. The van der Waals surface area contributed by atoms with E-state index in [0.717, 1.165) is 121 Å². The molecule has 2 saturated heterocycles. The molecule has 2 aromatic heterocycles. The molecule has 0 spiro atoms. The Kier molecular flexibility index (Phi) is 16.6. The summed E-state index contributed by atoms with van der Waals surface area (Å²) in [7, 11) is 0. The van der Waals surface area contributed by atoms with Crippen LogP contribution in [0.15, 0.2) is 170 Å². The molecule has 0 aliphatic carbocycles. The highest BCUT2D eigenvalue weighted by atomic mass is 35.5. The molecule has 6 nitrogen and oxygen atoms in total. The van der Waals surface area contributed by atoms with Crippen LogP contribution < -0.4 is 10.6 Å². The number of rotatable bonds is 10. The summed E-state index contributed by atoms with van der Waals surface area (Å²) in [6.07, 6.45) is 4.52. The Balaban J connectivity index is 0.000000186. The standard InChI is InChI=1S/2C27H26ClN3.2ClH/c2*28-22-11-12-24-26(17-22)30-25(21-9-5-2-6-10-21)18-27(24)29-23-13-15-31(16-14-23)19-20-7-3-1-4-8-20;;/h2*1-12,17-18,23H,13-16,19H2,(H,29,30);2*1H. The van der Waals surface area contributed by atoms with Crippen molar-refractivity contribution in [2.24, 2.45) is 0 Å². The van der Waals surface area contributed by atoms with E-state index in [1.807, 2.05) is 36.4 Å². The maximum atomic E-state index is 6.28. The Morgan fingerprint density at radius 1 is 0.438 bits per heavy atom. The molecule has 10 heteroatoms. The molecule has 0 atom stereocenters. The third kappa shape index (κ3) is 12.1. The van der Waals surface area contributed by atoms with E-state index in [1.54, 1.807) is 0 Å². The maximum absolute atomic E-state index is 6.28. The van der Waals surface area contributed by atoms with Crippen LogP contribution in [0.1, 0.15) is 36.8 Å². The Bertz CT molecular complexity index is 2500. The van der Waals surface area contributed by atoms with Crippen molar-refractivity contribution >= 4 is 81.2 Å². The van der Waals surface area contributed by atoms with E-state index in [9.17, 15) is 0 Å². The van der Waals surface area contributed by atoms with Gasteiger partial charge in [-0.1, -0.05) is 145 Å². The van der Waals surface area contributed by atoms with Crippen LogP contribution in [0.3, 0.4) is 0 Å². The zero-order chi connectivity index (χ0) is 42.1. The first-order valence-electron chi connectivity index (χ1n) is 21.9. The predicted molar refractivity (Wildman–Crippen MR) is 276 cm³/mol. The van der Waals surface area contributed by atoms with Crippen molar-refractivity contribution in [3.63, 3.8) is 0 Å². The molecule has 2 fully saturated rings. The number of piperidine rings is 2. The van der Waals surface area contributed by atoms with E-state index in [-0.39, 0.29) is 24.8 Å². The first kappa shape index (κ1) is 46.8. The van der Waals surface area contributed by atoms with Crippen molar-refractivity contribution < 1.29 is 0 Å². The molecule has 8 aromatic rings. The molecule has 0 amide bonds. The van der Waals surface area contributed by atoms with Gasteiger partial charge in [-0.2, -0.15) is 0 Å². The molecule has 6 aromatic carbocycles. The molecule has 2 aliphatic heterocycles. The third-order valence-electron chi connectivity index (χ3n) is 12.1. The number of anilines is 2. The lowest BCUT2D eigenvalue weighted by molar-refractivity contribution is 0.211. The fourth-order valence-corrected chi connectivity index (χ4v) is 9.08. The Morgan fingerprint density at radius 3 is 1.14 bits per heavy atom. The second-order valence-electron chi connectivity index (χ2n) is 16.5. The predicted octanol–water partition coefficient (Wildman–Crippen LogP) is 14.1. The van der Waals surface area contributed by atoms with Crippen molar-refractivity contribution in [1.29, 1.82) is 0 Å². The number of hydrogen-bond acceptors (Lipinski definition) is 6. The van der Waals surface area contributed by atoms with Gasteiger partial charge in [-0.15, -0.1) is 24.8 Å². The summed E-state index contributed by atoms with van der Waals surface area (Å²) >= 11 is 12.6. The summed E-state index contributed by atoms with van der Waals surface area (Å²) < 4.78 is 0. The van der Waals surface area contributed by atoms with Crippen LogP contribution in [0.25, 0.3) is 44.3 Å². The van der Waals surface area contributed by atoms with Gasteiger partial charge < -0.3 is 10.6 Å². The van der Waals surface area contributed by atoms with Crippen LogP contribution in [0, 0.1) is 0 Å². The average Bonchev–Trinajstić information content (AvgIpc) is 3.31. The molecule has 0 radical (unpaired) electrons. The minimum Gasteiger partial charge on any atom is -0.382 e. The van der Waals surface area contributed by atoms with Crippen LogP contribution in [-0.4, -0.2) is 58.0 Å². The fraction of sp³-hybridized carbons (Fsp3) is 0.222. The van der Waals surface area contributed by atoms with Crippen molar-refractivity contribution in [2.45, 2.75) is 50.9 Å². The maximum Gasteiger partial charge on any atom is 0.0745 e. The molecule has 10 rings (SSSR count). The minimum atomic E-state index is 0. The normalized spacial score (nSPS) is 14.8. The molecule has 4 heterocycles. The van der Waals surface area contributed by atoms with Crippen LogP contribution in [0.5, 0.6) is 0 Å². The van der Waals surface area contributed by atoms with Gasteiger partial charge in [0.2, 0.25) is 0 Å². The molecular weight excluding hydrogens is 874 g/mol. The quantitative estimate of drug-likeness (QED) is 0.143. The summed E-state index contributed by atoms with van der Waals surface area (Å²) in [5.41, 5.74) is 11.1. The van der Waals surface area contributed by atoms with E-state index < -0.39 is 0 Å². The minimum absolute atomic E-state index is 0. The number of nitrogens with one attached hydrogen (secondary N) is 2. The van der Waals surface area contributed by atoms with Crippen LogP contribution >= 0.6 is 48.0 Å². The zero-order valence-corrected chi connectivity index (χ0v) is 38.9. The second-order valence-corrected chi connectivity index (χ2v) is 17.4. The second kappa shape index (κ2) is 22.6. The van der Waals surface area contributed by atoms with Gasteiger partial charge in [0, 0.05) is 94.7 Å². The monoisotopic (exact) mass is 926 g/mol. The van der Waals surface area contributed by atoms with E-state index in [0.29, 0.717) is 22.1 Å². The highest BCUT2D eigenvalue weighted by Gasteiger charge is 2.22. The summed E-state index contributed by atoms with van der Waals surface area (Å²) in [5.74, 6) is 0. The molecule has 328 valence electrons. The molecule has 64 heavy (non-hydrogen) atoms. The van der Waals surface area contributed by atoms with Crippen molar-refractivity contribution in [2.75, 3.05) is 36.8 Å². The lowest BCUT2D eigenvalue weighted by atomic mass is 10.0. The number of pyridine rings is 2. The largest absolute Gasteiger partial charge is 0.382 e. The fourth-order valence-electron chi connectivity index (χ4n) is 8.75. The van der Waals surface area contributed by atoms with Crippen LogP contribution in [-0.2, 0) is 13.1 Å². The van der Waals surface area contributed by atoms with Gasteiger partial charge in [-0.05, 0) is 85.3 Å². The van der Waals surface area contributed by atoms with Gasteiger partial charge in [0.15, 0.2) is 0 Å². The van der Waals surface area contributed by atoms with E-state index in [1.165, 1.54) is 11.1 Å². The van der Waals surface area contributed by atoms with Crippen LogP contribution in [0.4, 0.5) is 11.4 Å². The van der Waals surface area contributed by atoms with E-state index >= 15 is 0 Å². The Hall–Kier alpha value is -5.18. The Morgan fingerprint density at radius 2 is 0.781 bits per heavy atom. The highest BCUT2D eigenvalue weighted by molar-refractivity contribution is 6.31. The summed E-state index contributed by atoms with van der Waals surface area (Å²) in [4.78, 5) is 14.9. The highest BCUT2D eigenvalue weighted by Crippen LogP contribution is 2.33. The summed E-state index contributed by atoms with van der Waals surface area (Å²) in [5, 5.41) is 11.3. The van der Waals surface area contributed by atoms with Crippen LogP contribution in [0.2, 0.25) is 10.0 Å². The zero-order valence-electron chi connectivity index (χ0n) is 35.8. The number of aromatic nitrogens is 2. The van der Waals surface area contributed by atoms with Crippen molar-refractivity contribution in [3.05, 3.63) is 191 Å². The molecule has 0 unspecified atom stereocenters. The van der Waals surface area contributed by atoms with E-state index in [4.69, 9.17) is 33.2 Å². The number of halogens is 4. The van der Waals surface area contributed by atoms with Gasteiger partial charge in [-0.3, -0.25) is 9.80 Å². The molecule has 0 bridgehead atoms. The lowest BCUT2D eigenvalue weighted by Crippen LogP contribution is -2.38. The first-order chi connectivity index (χ1) is 30.5. The molecule has 0 saturated carbocycles. The first-order valence-corrected chi connectivity index (χ1v) is 22.6. The number of likely N-dealkylation sites (tertiary alicyclic amines) is 2. The lowest BCUT2D eigenvalue weighted by Gasteiger charge is -2.33. The average molecular weight is 929 g/mol. The van der Waals surface area contributed by atoms with Crippen molar-refractivity contribution in [3.8, 4) is 22.5 Å². The molecule has 2 N–H and O–H groups in total. The van der Waals surface area contributed by atoms with Gasteiger partial charge in [-0.25, -0.2) is 9.97 Å².